The second kappa shape index (κ2) is 6.29. The lowest BCUT2D eigenvalue weighted by Gasteiger charge is -2.26. The van der Waals surface area contributed by atoms with Crippen molar-refractivity contribution in [2.75, 3.05) is 18.1 Å². The zero-order valence-corrected chi connectivity index (χ0v) is 12.2. The molecule has 0 amide bonds. The van der Waals surface area contributed by atoms with Crippen LogP contribution in [0.5, 0.6) is 0 Å². The third kappa shape index (κ3) is 3.64. The molecule has 0 spiro atoms. The fourth-order valence-electron chi connectivity index (χ4n) is 2.24. The SMILES string of the molecule is CCC(NCC1(O)CCSC1)c1ccc(Cl)cc1. The lowest BCUT2D eigenvalue weighted by molar-refractivity contribution is 0.0644. The molecule has 100 valence electrons. The Balaban J connectivity index is 1.95. The van der Waals surface area contributed by atoms with Gasteiger partial charge in [-0.3, -0.25) is 0 Å². The summed E-state index contributed by atoms with van der Waals surface area (Å²) in [5.74, 6) is 1.91. The number of nitrogens with one attached hydrogen (secondary N) is 1. The highest BCUT2D eigenvalue weighted by atomic mass is 35.5. The van der Waals surface area contributed by atoms with Gasteiger partial charge in [0, 0.05) is 23.4 Å². The van der Waals surface area contributed by atoms with Crippen molar-refractivity contribution in [2.24, 2.45) is 0 Å². The summed E-state index contributed by atoms with van der Waals surface area (Å²) in [6.07, 6.45) is 1.90. The fourth-order valence-corrected chi connectivity index (χ4v) is 3.66. The lowest BCUT2D eigenvalue weighted by atomic mass is 10.0. The summed E-state index contributed by atoms with van der Waals surface area (Å²) in [7, 11) is 0. The van der Waals surface area contributed by atoms with Crippen LogP contribution in [-0.4, -0.2) is 28.8 Å². The Morgan fingerprint density at radius 1 is 1.44 bits per heavy atom. The van der Waals surface area contributed by atoms with Crippen LogP contribution < -0.4 is 5.32 Å². The molecular formula is C14H20ClNOS. The number of hydrogen-bond donors (Lipinski definition) is 2. The summed E-state index contributed by atoms with van der Waals surface area (Å²) in [5, 5.41) is 14.6. The molecule has 1 heterocycles. The topological polar surface area (TPSA) is 32.3 Å². The van der Waals surface area contributed by atoms with Gasteiger partial charge in [0.15, 0.2) is 0 Å². The molecule has 1 aliphatic heterocycles. The van der Waals surface area contributed by atoms with E-state index in [4.69, 9.17) is 11.6 Å². The van der Waals surface area contributed by atoms with Crippen LogP contribution in [0.15, 0.2) is 24.3 Å². The van der Waals surface area contributed by atoms with E-state index in [1.54, 1.807) is 0 Å². The van der Waals surface area contributed by atoms with Gasteiger partial charge in [-0.25, -0.2) is 0 Å². The average molecular weight is 286 g/mol. The summed E-state index contributed by atoms with van der Waals surface area (Å²) in [6.45, 7) is 2.82. The lowest BCUT2D eigenvalue weighted by Crippen LogP contribution is -2.41. The molecule has 0 aliphatic carbocycles. The molecule has 0 radical (unpaired) electrons. The molecule has 1 aromatic carbocycles. The van der Waals surface area contributed by atoms with E-state index in [1.807, 2.05) is 23.9 Å². The van der Waals surface area contributed by atoms with Gasteiger partial charge in [0.2, 0.25) is 0 Å². The number of benzene rings is 1. The van der Waals surface area contributed by atoms with E-state index in [0.29, 0.717) is 6.54 Å². The number of thioether (sulfide) groups is 1. The normalized spacial score (nSPS) is 25.3. The van der Waals surface area contributed by atoms with Crippen molar-refractivity contribution in [2.45, 2.75) is 31.4 Å². The number of hydrogen-bond acceptors (Lipinski definition) is 3. The minimum atomic E-state index is -0.523. The molecule has 4 heteroatoms. The van der Waals surface area contributed by atoms with E-state index >= 15 is 0 Å². The van der Waals surface area contributed by atoms with Crippen LogP contribution >= 0.6 is 23.4 Å². The highest BCUT2D eigenvalue weighted by Crippen LogP contribution is 2.28. The predicted molar refractivity (Wildman–Crippen MR) is 79.4 cm³/mol. The standard InChI is InChI=1S/C14H20ClNOS/c1-2-13(11-3-5-12(15)6-4-11)16-9-14(17)7-8-18-10-14/h3-6,13,16-17H,2,7-10H2,1H3. The Morgan fingerprint density at radius 3 is 2.72 bits per heavy atom. The van der Waals surface area contributed by atoms with Crippen LogP contribution in [0.1, 0.15) is 31.4 Å². The maximum Gasteiger partial charge on any atom is 0.0869 e. The Hall–Kier alpha value is -0.220. The van der Waals surface area contributed by atoms with Crippen molar-refractivity contribution in [3.8, 4) is 0 Å². The van der Waals surface area contributed by atoms with Gasteiger partial charge in [0.1, 0.15) is 0 Å². The van der Waals surface area contributed by atoms with Crippen molar-refractivity contribution in [3.05, 3.63) is 34.9 Å². The van der Waals surface area contributed by atoms with E-state index in [2.05, 4.69) is 24.4 Å². The first kappa shape index (κ1) is 14.2. The maximum absolute atomic E-state index is 10.3. The van der Waals surface area contributed by atoms with E-state index < -0.39 is 5.60 Å². The second-order valence-electron chi connectivity index (χ2n) is 4.92. The fraction of sp³-hybridized carbons (Fsp3) is 0.571. The Bertz CT molecular complexity index is 376. The van der Waals surface area contributed by atoms with Crippen LogP contribution in [0.2, 0.25) is 5.02 Å². The third-order valence-corrected chi connectivity index (χ3v) is 4.93. The van der Waals surface area contributed by atoms with Crippen molar-refractivity contribution >= 4 is 23.4 Å². The summed E-state index contributed by atoms with van der Waals surface area (Å²) in [5.41, 5.74) is 0.709. The van der Waals surface area contributed by atoms with Gasteiger partial charge in [0.05, 0.1) is 5.60 Å². The van der Waals surface area contributed by atoms with Crippen LogP contribution in [0.3, 0.4) is 0 Å². The van der Waals surface area contributed by atoms with Gasteiger partial charge in [-0.15, -0.1) is 0 Å². The molecule has 1 fully saturated rings. The molecule has 1 aliphatic rings. The minimum Gasteiger partial charge on any atom is -0.388 e. The Labute approximate surface area is 118 Å². The predicted octanol–water partition coefficient (Wildman–Crippen LogP) is 3.25. The van der Waals surface area contributed by atoms with Gasteiger partial charge in [0.25, 0.3) is 0 Å². The first-order valence-electron chi connectivity index (χ1n) is 6.42. The van der Waals surface area contributed by atoms with Crippen LogP contribution in [-0.2, 0) is 0 Å². The highest BCUT2D eigenvalue weighted by Gasteiger charge is 2.31. The molecule has 2 unspecified atom stereocenters. The molecule has 0 aromatic heterocycles. The zero-order valence-electron chi connectivity index (χ0n) is 10.7. The molecule has 1 aromatic rings. The third-order valence-electron chi connectivity index (χ3n) is 3.44. The first-order chi connectivity index (χ1) is 8.63. The molecular weight excluding hydrogens is 266 g/mol. The second-order valence-corrected chi connectivity index (χ2v) is 6.46. The van der Waals surface area contributed by atoms with Gasteiger partial charge in [-0.2, -0.15) is 11.8 Å². The van der Waals surface area contributed by atoms with Crippen LogP contribution in [0.4, 0.5) is 0 Å². The zero-order chi connectivity index (χ0) is 13.0. The largest absolute Gasteiger partial charge is 0.388 e. The Kier molecular flexibility index (Phi) is 4.96. The van der Waals surface area contributed by atoms with Crippen LogP contribution in [0, 0.1) is 0 Å². The molecule has 2 atom stereocenters. The van der Waals surface area contributed by atoms with E-state index in [1.165, 1.54) is 5.56 Å². The molecule has 1 saturated heterocycles. The van der Waals surface area contributed by atoms with Gasteiger partial charge >= 0.3 is 0 Å². The minimum absolute atomic E-state index is 0.289. The molecule has 0 saturated carbocycles. The molecule has 2 nitrogen and oxygen atoms in total. The quantitative estimate of drug-likeness (QED) is 0.871. The van der Waals surface area contributed by atoms with Gasteiger partial charge < -0.3 is 10.4 Å². The van der Waals surface area contributed by atoms with Crippen molar-refractivity contribution < 1.29 is 5.11 Å². The van der Waals surface area contributed by atoms with Crippen molar-refractivity contribution in [1.29, 1.82) is 0 Å². The average Bonchev–Trinajstić information content (AvgIpc) is 2.79. The first-order valence-corrected chi connectivity index (χ1v) is 7.95. The summed E-state index contributed by atoms with van der Waals surface area (Å²) < 4.78 is 0. The summed E-state index contributed by atoms with van der Waals surface area (Å²) in [4.78, 5) is 0. The number of aliphatic hydroxyl groups is 1. The molecule has 0 bridgehead atoms. The highest BCUT2D eigenvalue weighted by molar-refractivity contribution is 7.99. The number of halogens is 1. The summed E-state index contributed by atoms with van der Waals surface area (Å²) in [6, 6.07) is 8.23. The molecule has 2 rings (SSSR count). The van der Waals surface area contributed by atoms with E-state index in [-0.39, 0.29) is 6.04 Å². The molecule has 18 heavy (non-hydrogen) atoms. The van der Waals surface area contributed by atoms with E-state index in [0.717, 1.165) is 29.4 Å². The van der Waals surface area contributed by atoms with Crippen molar-refractivity contribution in [1.82, 2.24) is 5.32 Å². The van der Waals surface area contributed by atoms with Gasteiger partial charge in [-0.1, -0.05) is 30.7 Å². The monoisotopic (exact) mass is 285 g/mol. The van der Waals surface area contributed by atoms with Gasteiger partial charge in [-0.05, 0) is 36.3 Å². The van der Waals surface area contributed by atoms with Crippen LogP contribution in [0.25, 0.3) is 0 Å². The Morgan fingerprint density at radius 2 is 2.17 bits per heavy atom. The van der Waals surface area contributed by atoms with Crippen molar-refractivity contribution in [3.63, 3.8) is 0 Å². The smallest absolute Gasteiger partial charge is 0.0869 e. The summed E-state index contributed by atoms with van der Waals surface area (Å²) >= 11 is 7.73. The number of rotatable bonds is 5. The maximum atomic E-state index is 10.3. The van der Waals surface area contributed by atoms with E-state index in [9.17, 15) is 5.11 Å². The molecule has 2 N–H and O–H groups in total.